The number of hydrogen-bond acceptors (Lipinski definition) is 6. The molecular weight excluding hydrogens is 334 g/mol. The van der Waals surface area contributed by atoms with E-state index in [1.807, 2.05) is 36.4 Å². The van der Waals surface area contributed by atoms with Crippen LogP contribution in [0.25, 0.3) is 11.0 Å². The zero-order valence-corrected chi connectivity index (χ0v) is 13.8. The quantitative estimate of drug-likeness (QED) is 0.469. The first-order valence-corrected chi connectivity index (χ1v) is 8.37. The molecule has 0 amide bonds. The lowest BCUT2D eigenvalue weighted by Crippen LogP contribution is -2.45. The maximum Gasteiger partial charge on any atom is 0.140 e. The van der Waals surface area contributed by atoms with Crippen LogP contribution in [0.1, 0.15) is 17.5 Å². The lowest BCUT2D eigenvalue weighted by molar-refractivity contribution is -0.0924. The number of aliphatic hydroxyl groups excluding tert-OH is 4. The number of imidazole rings is 1. The average molecular weight is 353 g/mol. The van der Waals surface area contributed by atoms with Crippen molar-refractivity contribution in [2.45, 2.75) is 30.8 Å². The largest absolute Gasteiger partial charge is 0.387 e. The zero-order chi connectivity index (χ0) is 18.3. The van der Waals surface area contributed by atoms with E-state index >= 15 is 0 Å². The predicted octanol–water partition coefficient (Wildman–Crippen LogP) is 1.01. The second-order valence-corrected chi connectivity index (χ2v) is 6.42. The number of para-hydroxylation sites is 3. The van der Waals surface area contributed by atoms with Gasteiger partial charge in [0.05, 0.1) is 22.4 Å². The number of benzene rings is 2. The van der Waals surface area contributed by atoms with Crippen LogP contribution in [0.5, 0.6) is 0 Å². The van der Waals surface area contributed by atoms with Gasteiger partial charge in [-0.2, -0.15) is 0 Å². The van der Waals surface area contributed by atoms with Crippen molar-refractivity contribution in [3.05, 3.63) is 59.9 Å². The summed E-state index contributed by atoms with van der Waals surface area (Å²) in [6.07, 6.45) is -5.71. The summed E-state index contributed by atoms with van der Waals surface area (Å²) >= 11 is 0. The smallest absolute Gasteiger partial charge is 0.140 e. The number of nitrogens with zero attached hydrogens (tertiary/aromatic N) is 2. The van der Waals surface area contributed by atoms with Gasteiger partial charge in [0, 0.05) is 6.42 Å². The summed E-state index contributed by atoms with van der Waals surface area (Å²) in [5.74, 6) is 0.126. The summed E-state index contributed by atoms with van der Waals surface area (Å²) in [5, 5.41) is 41.5. The SMILES string of the molecule is O[C@H]([C@H](O)[C@H](O)c1nc2ccccc2[nH]1)[C@H](O)C1=Nc2ccccc2C1. The molecule has 1 aliphatic rings. The second kappa shape index (κ2) is 6.62. The third kappa shape index (κ3) is 2.91. The van der Waals surface area contributed by atoms with E-state index in [-0.39, 0.29) is 5.82 Å². The summed E-state index contributed by atoms with van der Waals surface area (Å²) in [4.78, 5) is 11.4. The third-order valence-corrected chi connectivity index (χ3v) is 4.65. The van der Waals surface area contributed by atoms with Gasteiger partial charge in [-0.15, -0.1) is 0 Å². The van der Waals surface area contributed by atoms with Crippen molar-refractivity contribution in [1.82, 2.24) is 9.97 Å². The first kappa shape index (κ1) is 16.9. The Morgan fingerprint density at radius 1 is 0.846 bits per heavy atom. The van der Waals surface area contributed by atoms with E-state index in [0.717, 1.165) is 11.3 Å². The van der Waals surface area contributed by atoms with Crippen molar-refractivity contribution >= 4 is 22.4 Å². The average Bonchev–Trinajstić information content (AvgIpc) is 3.29. The molecule has 2 heterocycles. The third-order valence-electron chi connectivity index (χ3n) is 4.65. The van der Waals surface area contributed by atoms with Crippen LogP contribution >= 0.6 is 0 Å². The molecule has 7 heteroatoms. The van der Waals surface area contributed by atoms with Crippen molar-refractivity contribution in [3.63, 3.8) is 0 Å². The Kier molecular flexibility index (Phi) is 4.29. The molecule has 5 N–H and O–H groups in total. The Balaban J connectivity index is 1.51. The van der Waals surface area contributed by atoms with Crippen molar-refractivity contribution < 1.29 is 20.4 Å². The molecule has 2 aromatic carbocycles. The van der Waals surface area contributed by atoms with E-state index in [2.05, 4.69) is 15.0 Å². The summed E-state index contributed by atoms with van der Waals surface area (Å²) in [6, 6.07) is 14.6. The fraction of sp³-hybridized carbons (Fsp3) is 0.263. The van der Waals surface area contributed by atoms with Crippen LogP contribution in [0.4, 0.5) is 5.69 Å². The maximum atomic E-state index is 10.4. The fourth-order valence-electron chi connectivity index (χ4n) is 3.17. The molecule has 134 valence electrons. The van der Waals surface area contributed by atoms with E-state index in [1.54, 1.807) is 12.1 Å². The van der Waals surface area contributed by atoms with Gasteiger partial charge in [-0.1, -0.05) is 30.3 Å². The Labute approximate surface area is 149 Å². The van der Waals surface area contributed by atoms with E-state index in [4.69, 9.17) is 0 Å². The first-order chi connectivity index (χ1) is 12.5. The van der Waals surface area contributed by atoms with Gasteiger partial charge in [-0.05, 0) is 23.8 Å². The normalized spacial score (nSPS) is 18.2. The molecule has 0 bridgehead atoms. The molecule has 4 atom stereocenters. The summed E-state index contributed by atoms with van der Waals surface area (Å²) in [6.45, 7) is 0. The van der Waals surface area contributed by atoms with Crippen molar-refractivity contribution in [2.24, 2.45) is 4.99 Å². The maximum absolute atomic E-state index is 10.4. The van der Waals surface area contributed by atoms with E-state index in [9.17, 15) is 20.4 Å². The van der Waals surface area contributed by atoms with E-state index < -0.39 is 24.4 Å². The minimum atomic E-state index is -1.63. The predicted molar refractivity (Wildman–Crippen MR) is 96.3 cm³/mol. The van der Waals surface area contributed by atoms with Crippen LogP contribution in [-0.4, -0.2) is 54.4 Å². The molecule has 26 heavy (non-hydrogen) atoms. The molecule has 7 nitrogen and oxygen atoms in total. The Morgan fingerprint density at radius 2 is 1.54 bits per heavy atom. The van der Waals surface area contributed by atoms with Crippen LogP contribution in [0, 0.1) is 0 Å². The summed E-state index contributed by atoms with van der Waals surface area (Å²) in [5.41, 5.74) is 3.38. The van der Waals surface area contributed by atoms with Gasteiger partial charge in [0.2, 0.25) is 0 Å². The molecule has 0 saturated heterocycles. The van der Waals surface area contributed by atoms with Crippen LogP contribution in [0.15, 0.2) is 53.5 Å². The van der Waals surface area contributed by atoms with Crippen LogP contribution in [-0.2, 0) is 6.42 Å². The molecule has 0 unspecified atom stereocenters. The van der Waals surface area contributed by atoms with E-state index in [1.165, 1.54) is 0 Å². The highest BCUT2D eigenvalue weighted by molar-refractivity contribution is 5.97. The van der Waals surface area contributed by atoms with Gasteiger partial charge in [0.1, 0.15) is 30.2 Å². The van der Waals surface area contributed by atoms with Crippen molar-refractivity contribution in [2.75, 3.05) is 0 Å². The number of rotatable bonds is 5. The van der Waals surface area contributed by atoms with Gasteiger partial charge in [0.25, 0.3) is 0 Å². The highest BCUT2D eigenvalue weighted by Crippen LogP contribution is 2.29. The Hall–Kier alpha value is -2.58. The summed E-state index contributed by atoms with van der Waals surface area (Å²) in [7, 11) is 0. The molecule has 1 aliphatic heterocycles. The fourth-order valence-corrected chi connectivity index (χ4v) is 3.17. The van der Waals surface area contributed by atoms with E-state index in [0.29, 0.717) is 23.2 Å². The van der Waals surface area contributed by atoms with Gasteiger partial charge in [-0.3, -0.25) is 4.99 Å². The molecule has 0 radical (unpaired) electrons. The van der Waals surface area contributed by atoms with Crippen LogP contribution in [0.2, 0.25) is 0 Å². The second-order valence-electron chi connectivity index (χ2n) is 6.42. The number of aromatic amines is 1. The number of fused-ring (bicyclic) bond motifs is 2. The van der Waals surface area contributed by atoms with Gasteiger partial charge >= 0.3 is 0 Å². The van der Waals surface area contributed by atoms with Crippen LogP contribution < -0.4 is 0 Å². The number of aliphatic imine (C=N–C) groups is 1. The number of nitrogens with one attached hydrogen (secondary N) is 1. The van der Waals surface area contributed by atoms with Crippen molar-refractivity contribution in [1.29, 1.82) is 0 Å². The lowest BCUT2D eigenvalue weighted by atomic mass is 9.97. The van der Waals surface area contributed by atoms with Crippen molar-refractivity contribution in [3.8, 4) is 0 Å². The molecule has 0 aliphatic carbocycles. The highest BCUT2D eigenvalue weighted by atomic mass is 16.4. The zero-order valence-electron chi connectivity index (χ0n) is 13.8. The Bertz CT molecular complexity index is 935. The molecule has 3 aromatic rings. The minimum absolute atomic E-state index is 0.126. The molecule has 0 spiro atoms. The molecular formula is C19H19N3O4. The minimum Gasteiger partial charge on any atom is -0.387 e. The highest BCUT2D eigenvalue weighted by Gasteiger charge is 2.36. The monoisotopic (exact) mass is 353 g/mol. The summed E-state index contributed by atoms with van der Waals surface area (Å²) < 4.78 is 0. The number of H-pyrrole nitrogens is 1. The molecule has 0 fully saturated rings. The standard InChI is InChI=1S/C19H19N3O4/c23-15(14-9-10-5-1-2-6-11(10)20-14)16(24)17(25)18(26)19-21-12-7-3-4-8-13(12)22-19/h1-8,15-18,23-26H,9H2,(H,21,22)/t15-,16+,17+,18+/m1/s1. The van der Waals surface area contributed by atoms with Gasteiger partial charge < -0.3 is 25.4 Å². The molecule has 0 saturated carbocycles. The number of aromatic nitrogens is 2. The molecule has 4 rings (SSSR count). The Morgan fingerprint density at radius 3 is 2.31 bits per heavy atom. The van der Waals surface area contributed by atoms with Gasteiger partial charge in [0.15, 0.2) is 0 Å². The lowest BCUT2D eigenvalue weighted by Gasteiger charge is -2.25. The first-order valence-electron chi connectivity index (χ1n) is 8.37. The topological polar surface area (TPSA) is 122 Å². The number of hydrogen-bond donors (Lipinski definition) is 5. The van der Waals surface area contributed by atoms with Crippen LogP contribution in [0.3, 0.4) is 0 Å². The number of aliphatic hydroxyl groups is 4. The molecule has 1 aromatic heterocycles. The van der Waals surface area contributed by atoms with Gasteiger partial charge in [-0.25, -0.2) is 4.98 Å².